The molecule has 1 aliphatic rings. The number of benzene rings is 1. The van der Waals surface area contributed by atoms with E-state index in [9.17, 15) is 9.59 Å². The minimum atomic E-state index is -0.519. The van der Waals surface area contributed by atoms with Crippen molar-refractivity contribution in [3.05, 3.63) is 35.2 Å². The molecule has 2 amide bonds. The molecule has 0 saturated heterocycles. The summed E-state index contributed by atoms with van der Waals surface area (Å²) in [6, 6.07) is 5.19. The van der Waals surface area contributed by atoms with E-state index in [4.69, 9.17) is 4.74 Å². The number of aryl methyl sites for hydroxylation is 2. The van der Waals surface area contributed by atoms with E-state index in [-0.39, 0.29) is 18.2 Å². The highest BCUT2D eigenvalue weighted by Crippen LogP contribution is 2.32. The first-order valence-electron chi connectivity index (χ1n) is 7.75. The van der Waals surface area contributed by atoms with Crippen LogP contribution in [0, 0.1) is 13.8 Å². The molecule has 1 aliphatic heterocycles. The van der Waals surface area contributed by atoms with E-state index < -0.39 is 6.10 Å². The summed E-state index contributed by atoms with van der Waals surface area (Å²) in [6.07, 6.45) is -0.267. The van der Waals surface area contributed by atoms with E-state index in [2.05, 4.69) is 15.7 Å². The molecule has 2 N–H and O–H groups in total. The summed E-state index contributed by atoms with van der Waals surface area (Å²) in [7, 11) is 1.86. The third-order valence-corrected chi connectivity index (χ3v) is 4.19. The van der Waals surface area contributed by atoms with Gasteiger partial charge in [0, 0.05) is 24.0 Å². The summed E-state index contributed by atoms with van der Waals surface area (Å²) in [5.74, 6) is 0.261. The molecule has 126 valence electrons. The van der Waals surface area contributed by atoms with Crippen LogP contribution in [-0.4, -0.2) is 27.7 Å². The summed E-state index contributed by atoms with van der Waals surface area (Å²) >= 11 is 0. The van der Waals surface area contributed by atoms with Gasteiger partial charge >= 0.3 is 0 Å². The first-order valence-corrected chi connectivity index (χ1v) is 7.75. The van der Waals surface area contributed by atoms with Crippen molar-refractivity contribution in [2.45, 2.75) is 33.3 Å². The Kier molecular flexibility index (Phi) is 4.01. The van der Waals surface area contributed by atoms with Gasteiger partial charge in [0.1, 0.15) is 5.75 Å². The number of nitrogens with one attached hydrogen (secondary N) is 2. The monoisotopic (exact) mass is 328 g/mol. The molecular formula is C17H20N4O3. The highest BCUT2D eigenvalue weighted by atomic mass is 16.5. The molecule has 2 aromatic rings. The largest absolute Gasteiger partial charge is 0.479 e. The fourth-order valence-electron chi connectivity index (χ4n) is 2.73. The number of ether oxygens (including phenoxy) is 1. The fourth-order valence-corrected chi connectivity index (χ4v) is 2.73. The number of carbonyl (C=O) groups excluding carboxylic acids is 2. The number of hydrogen-bond donors (Lipinski definition) is 2. The highest BCUT2D eigenvalue weighted by molar-refractivity contribution is 5.99. The molecule has 3 rings (SSSR count). The van der Waals surface area contributed by atoms with Crippen molar-refractivity contribution >= 4 is 23.2 Å². The molecule has 1 aromatic carbocycles. The number of anilines is 2. The molecule has 1 atom stereocenters. The zero-order valence-corrected chi connectivity index (χ0v) is 14.1. The second-order valence-corrected chi connectivity index (χ2v) is 5.96. The molecule has 0 aliphatic carbocycles. The van der Waals surface area contributed by atoms with Crippen LogP contribution < -0.4 is 15.4 Å². The Morgan fingerprint density at radius 2 is 2.17 bits per heavy atom. The number of fused-ring (bicyclic) bond motifs is 1. The van der Waals surface area contributed by atoms with Crippen LogP contribution in [0.3, 0.4) is 0 Å². The van der Waals surface area contributed by atoms with Crippen molar-refractivity contribution in [2.24, 2.45) is 7.05 Å². The van der Waals surface area contributed by atoms with E-state index in [0.29, 0.717) is 17.1 Å². The number of amides is 2. The maximum atomic E-state index is 12.3. The van der Waals surface area contributed by atoms with Crippen LogP contribution in [0.5, 0.6) is 5.75 Å². The van der Waals surface area contributed by atoms with E-state index in [0.717, 1.165) is 17.0 Å². The molecule has 0 fully saturated rings. The highest BCUT2D eigenvalue weighted by Gasteiger charge is 2.23. The predicted molar refractivity (Wildman–Crippen MR) is 90.2 cm³/mol. The van der Waals surface area contributed by atoms with Crippen LogP contribution in [0.15, 0.2) is 18.2 Å². The van der Waals surface area contributed by atoms with Gasteiger partial charge in [0.15, 0.2) is 6.10 Å². The van der Waals surface area contributed by atoms with Gasteiger partial charge < -0.3 is 15.4 Å². The quantitative estimate of drug-likeness (QED) is 0.901. The van der Waals surface area contributed by atoms with Crippen LogP contribution >= 0.6 is 0 Å². The Labute approximate surface area is 140 Å². The van der Waals surface area contributed by atoms with Crippen LogP contribution in [0.4, 0.5) is 11.4 Å². The standard InChI is InChI=1S/C17H20N4O3/c1-9-13(10(2)21(4)20-9)8-16(22)18-12-5-6-15-14(7-12)19-17(23)11(3)24-15/h5-7,11H,8H2,1-4H3,(H,18,22)(H,19,23). The third-order valence-electron chi connectivity index (χ3n) is 4.19. The third kappa shape index (κ3) is 2.97. The van der Waals surface area contributed by atoms with Gasteiger partial charge in [-0.1, -0.05) is 0 Å². The summed E-state index contributed by atoms with van der Waals surface area (Å²) in [4.78, 5) is 24.0. The Hall–Kier alpha value is -2.83. The van der Waals surface area contributed by atoms with Crippen LogP contribution in [-0.2, 0) is 23.1 Å². The van der Waals surface area contributed by atoms with E-state index in [1.54, 1.807) is 29.8 Å². The van der Waals surface area contributed by atoms with Crippen LogP contribution in [0.2, 0.25) is 0 Å². The van der Waals surface area contributed by atoms with Gasteiger partial charge in [-0.3, -0.25) is 14.3 Å². The normalized spacial score (nSPS) is 16.2. The number of rotatable bonds is 3. The first-order chi connectivity index (χ1) is 11.3. The molecule has 7 heteroatoms. The zero-order chi connectivity index (χ0) is 17.4. The van der Waals surface area contributed by atoms with Gasteiger partial charge in [-0.15, -0.1) is 0 Å². The number of carbonyl (C=O) groups is 2. The molecule has 1 unspecified atom stereocenters. The number of aromatic nitrogens is 2. The minimum Gasteiger partial charge on any atom is -0.479 e. The van der Waals surface area contributed by atoms with Gasteiger partial charge in [0.2, 0.25) is 5.91 Å². The summed E-state index contributed by atoms with van der Waals surface area (Å²) in [5.41, 5.74) is 3.92. The second-order valence-electron chi connectivity index (χ2n) is 5.96. The molecule has 0 spiro atoms. The summed E-state index contributed by atoms with van der Waals surface area (Å²) in [6.45, 7) is 5.52. The lowest BCUT2D eigenvalue weighted by atomic mass is 10.1. The number of hydrogen-bond acceptors (Lipinski definition) is 4. The average Bonchev–Trinajstić information content (AvgIpc) is 2.75. The van der Waals surface area contributed by atoms with Gasteiger partial charge in [0.05, 0.1) is 17.8 Å². The Morgan fingerprint density at radius 1 is 1.42 bits per heavy atom. The first kappa shape index (κ1) is 16.0. The van der Waals surface area contributed by atoms with Crippen molar-refractivity contribution in [3.63, 3.8) is 0 Å². The molecule has 0 saturated carbocycles. The maximum Gasteiger partial charge on any atom is 0.265 e. The molecule has 2 heterocycles. The van der Waals surface area contributed by atoms with Gasteiger partial charge in [-0.2, -0.15) is 5.10 Å². The Bertz CT molecular complexity index is 825. The van der Waals surface area contributed by atoms with Gasteiger partial charge in [-0.05, 0) is 39.0 Å². The smallest absolute Gasteiger partial charge is 0.265 e. The summed E-state index contributed by atoms with van der Waals surface area (Å²) in [5, 5.41) is 9.93. The fraction of sp³-hybridized carbons (Fsp3) is 0.353. The molecule has 0 bridgehead atoms. The van der Waals surface area contributed by atoms with Crippen molar-refractivity contribution in [1.29, 1.82) is 0 Å². The average molecular weight is 328 g/mol. The van der Waals surface area contributed by atoms with Gasteiger partial charge in [0.25, 0.3) is 5.91 Å². The van der Waals surface area contributed by atoms with Crippen molar-refractivity contribution < 1.29 is 14.3 Å². The lowest BCUT2D eigenvalue weighted by Crippen LogP contribution is -2.34. The van der Waals surface area contributed by atoms with Gasteiger partial charge in [-0.25, -0.2) is 0 Å². The Morgan fingerprint density at radius 3 is 2.83 bits per heavy atom. The second kappa shape index (κ2) is 5.99. The molecule has 7 nitrogen and oxygen atoms in total. The van der Waals surface area contributed by atoms with Crippen molar-refractivity contribution in [3.8, 4) is 5.75 Å². The van der Waals surface area contributed by atoms with E-state index in [1.807, 2.05) is 20.9 Å². The lowest BCUT2D eigenvalue weighted by Gasteiger charge is -2.23. The Balaban J connectivity index is 1.73. The molecule has 0 radical (unpaired) electrons. The maximum absolute atomic E-state index is 12.3. The van der Waals surface area contributed by atoms with E-state index >= 15 is 0 Å². The van der Waals surface area contributed by atoms with E-state index in [1.165, 1.54) is 0 Å². The van der Waals surface area contributed by atoms with Crippen LogP contribution in [0.25, 0.3) is 0 Å². The lowest BCUT2D eigenvalue weighted by molar-refractivity contribution is -0.122. The zero-order valence-electron chi connectivity index (χ0n) is 14.1. The van der Waals surface area contributed by atoms with Crippen LogP contribution in [0.1, 0.15) is 23.9 Å². The molecule has 1 aromatic heterocycles. The SMILES string of the molecule is Cc1nn(C)c(C)c1CC(=O)Nc1ccc2c(c1)NC(=O)C(C)O2. The minimum absolute atomic E-state index is 0.134. The predicted octanol–water partition coefficient (Wildman–Crippen LogP) is 1.94. The number of nitrogens with zero attached hydrogens (tertiary/aromatic N) is 2. The molecule has 24 heavy (non-hydrogen) atoms. The van der Waals surface area contributed by atoms with Crippen molar-refractivity contribution in [1.82, 2.24) is 9.78 Å². The molecular weight excluding hydrogens is 308 g/mol. The topological polar surface area (TPSA) is 85.3 Å². The summed E-state index contributed by atoms with van der Waals surface area (Å²) < 4.78 is 7.27. The van der Waals surface area contributed by atoms with Crippen molar-refractivity contribution in [2.75, 3.05) is 10.6 Å².